The van der Waals surface area contributed by atoms with E-state index in [9.17, 15) is 14.9 Å². The highest BCUT2D eigenvalue weighted by atomic mass is 32.1. The van der Waals surface area contributed by atoms with Gasteiger partial charge in [0.2, 0.25) is 6.54 Å². The van der Waals surface area contributed by atoms with Gasteiger partial charge in [0.15, 0.2) is 0 Å². The van der Waals surface area contributed by atoms with Gasteiger partial charge in [-0.25, -0.2) is 0 Å². The molecule has 0 saturated heterocycles. The van der Waals surface area contributed by atoms with Crippen LogP contribution in [0.3, 0.4) is 0 Å². The Kier molecular flexibility index (Phi) is 3.76. The van der Waals surface area contributed by atoms with Crippen molar-refractivity contribution in [3.8, 4) is 0 Å². The lowest BCUT2D eigenvalue weighted by molar-refractivity contribution is -0.484. The van der Waals surface area contributed by atoms with Crippen LogP contribution >= 0.6 is 11.3 Å². The highest BCUT2D eigenvalue weighted by molar-refractivity contribution is 7.10. The Morgan fingerprint density at radius 2 is 2.43 bits per heavy atom. The van der Waals surface area contributed by atoms with Crippen LogP contribution in [0.4, 0.5) is 0 Å². The Bertz CT molecular complexity index is 310. The van der Waals surface area contributed by atoms with Crippen molar-refractivity contribution in [2.24, 2.45) is 5.92 Å². The van der Waals surface area contributed by atoms with Gasteiger partial charge in [-0.2, -0.15) is 0 Å². The Balaban J connectivity index is 2.82. The quantitative estimate of drug-likeness (QED) is 0.426. The molecule has 0 aliphatic heterocycles. The molecular formula is C9H11NO3S. The lowest BCUT2D eigenvalue weighted by atomic mass is 9.94. The minimum Gasteiger partial charge on any atom is -0.303 e. The van der Waals surface area contributed by atoms with Crippen LogP contribution in [0.25, 0.3) is 0 Å². The Morgan fingerprint density at radius 1 is 1.71 bits per heavy atom. The molecule has 1 rings (SSSR count). The van der Waals surface area contributed by atoms with Gasteiger partial charge in [0, 0.05) is 15.7 Å². The van der Waals surface area contributed by atoms with E-state index in [-0.39, 0.29) is 23.3 Å². The maximum atomic E-state index is 10.6. The van der Waals surface area contributed by atoms with Crippen LogP contribution in [-0.2, 0) is 4.79 Å². The summed E-state index contributed by atoms with van der Waals surface area (Å²) in [7, 11) is 0. The highest BCUT2D eigenvalue weighted by Crippen LogP contribution is 2.27. The van der Waals surface area contributed by atoms with Crippen LogP contribution < -0.4 is 0 Å². The van der Waals surface area contributed by atoms with Gasteiger partial charge in [0.25, 0.3) is 0 Å². The predicted molar refractivity (Wildman–Crippen MR) is 54.1 cm³/mol. The number of carbonyl (C=O) groups excluding carboxylic acids is 1. The van der Waals surface area contributed by atoms with Crippen LogP contribution in [0.5, 0.6) is 0 Å². The van der Waals surface area contributed by atoms with Crippen molar-refractivity contribution in [2.45, 2.75) is 12.8 Å². The van der Waals surface area contributed by atoms with Gasteiger partial charge in [0.1, 0.15) is 6.29 Å². The van der Waals surface area contributed by atoms with Gasteiger partial charge in [-0.15, -0.1) is 11.3 Å². The highest BCUT2D eigenvalue weighted by Gasteiger charge is 2.24. The third-order valence-corrected chi connectivity index (χ3v) is 3.11. The average Bonchev–Trinajstić information content (AvgIpc) is 2.65. The van der Waals surface area contributed by atoms with Gasteiger partial charge in [-0.1, -0.05) is 13.0 Å². The van der Waals surface area contributed by atoms with Crippen LogP contribution in [0.15, 0.2) is 17.5 Å². The van der Waals surface area contributed by atoms with E-state index < -0.39 is 0 Å². The fourth-order valence-electron chi connectivity index (χ4n) is 1.27. The molecule has 1 aromatic heterocycles. The topological polar surface area (TPSA) is 60.2 Å². The Morgan fingerprint density at radius 3 is 2.86 bits per heavy atom. The largest absolute Gasteiger partial charge is 0.303 e. The number of carbonyl (C=O) groups is 1. The lowest BCUT2D eigenvalue weighted by Crippen LogP contribution is -2.19. The molecule has 0 unspecified atom stereocenters. The molecule has 0 aromatic carbocycles. The van der Waals surface area contributed by atoms with Crippen molar-refractivity contribution < 1.29 is 9.72 Å². The van der Waals surface area contributed by atoms with Crippen LogP contribution in [0.1, 0.15) is 17.7 Å². The van der Waals surface area contributed by atoms with E-state index in [1.807, 2.05) is 17.5 Å². The van der Waals surface area contributed by atoms with E-state index in [0.717, 1.165) is 11.2 Å². The first-order chi connectivity index (χ1) is 6.65. The second kappa shape index (κ2) is 4.85. The summed E-state index contributed by atoms with van der Waals surface area (Å²) >= 11 is 1.45. The summed E-state index contributed by atoms with van der Waals surface area (Å²) in [5.74, 6) is -0.596. The molecule has 0 N–H and O–H groups in total. The van der Waals surface area contributed by atoms with Gasteiger partial charge in [-0.3, -0.25) is 10.1 Å². The standard InChI is InChI=1S/C9H11NO3S/c1-7(6-11)8(5-10(12)13)9-3-2-4-14-9/h2-4,6-8H,5H2,1H3/t7-,8+/m0/s1. The van der Waals surface area contributed by atoms with E-state index in [1.54, 1.807) is 6.92 Å². The fourth-order valence-corrected chi connectivity index (χ4v) is 2.21. The molecule has 0 radical (unpaired) electrons. The zero-order valence-electron chi connectivity index (χ0n) is 7.75. The maximum absolute atomic E-state index is 10.6. The van der Waals surface area contributed by atoms with Crippen LogP contribution in [-0.4, -0.2) is 17.8 Å². The van der Waals surface area contributed by atoms with Gasteiger partial charge < -0.3 is 4.79 Å². The van der Waals surface area contributed by atoms with Crippen molar-refractivity contribution in [3.63, 3.8) is 0 Å². The molecule has 0 spiro atoms. The Hall–Kier alpha value is -1.23. The van der Waals surface area contributed by atoms with E-state index >= 15 is 0 Å². The molecule has 1 aromatic rings. The normalized spacial score (nSPS) is 14.6. The molecule has 0 saturated carbocycles. The minimum absolute atomic E-state index is 0.180. The second-order valence-electron chi connectivity index (χ2n) is 3.13. The molecule has 0 fully saturated rings. The van der Waals surface area contributed by atoms with Crippen molar-refractivity contribution >= 4 is 17.6 Å². The van der Waals surface area contributed by atoms with Crippen molar-refractivity contribution in [2.75, 3.05) is 6.54 Å². The molecule has 0 aliphatic rings. The number of nitro groups is 1. The number of nitrogens with zero attached hydrogens (tertiary/aromatic N) is 1. The molecule has 2 atom stereocenters. The third kappa shape index (κ3) is 2.63. The van der Waals surface area contributed by atoms with E-state index in [0.29, 0.717) is 0 Å². The summed E-state index contributed by atoms with van der Waals surface area (Å²) in [5, 5.41) is 12.3. The first kappa shape index (κ1) is 10.8. The SMILES string of the molecule is C[C@@H](C=O)[C@@H](C[N+](=O)[O-])c1cccs1. The number of rotatable bonds is 5. The monoisotopic (exact) mass is 213 g/mol. The number of thiophene rings is 1. The lowest BCUT2D eigenvalue weighted by Gasteiger charge is -2.13. The first-order valence-electron chi connectivity index (χ1n) is 4.25. The van der Waals surface area contributed by atoms with Gasteiger partial charge in [0.05, 0.1) is 5.92 Å². The summed E-state index contributed by atoms with van der Waals surface area (Å²) in [5.41, 5.74) is 0. The van der Waals surface area contributed by atoms with Crippen molar-refractivity contribution in [1.82, 2.24) is 0 Å². The molecule has 0 amide bonds. The zero-order valence-corrected chi connectivity index (χ0v) is 8.57. The first-order valence-corrected chi connectivity index (χ1v) is 5.13. The van der Waals surface area contributed by atoms with E-state index in [4.69, 9.17) is 0 Å². The number of aldehydes is 1. The molecule has 0 aliphatic carbocycles. The third-order valence-electron chi connectivity index (χ3n) is 2.10. The van der Waals surface area contributed by atoms with Crippen molar-refractivity contribution in [1.29, 1.82) is 0 Å². The van der Waals surface area contributed by atoms with Crippen molar-refractivity contribution in [3.05, 3.63) is 32.5 Å². The summed E-state index contributed by atoms with van der Waals surface area (Å²) in [6, 6.07) is 3.67. The smallest absolute Gasteiger partial charge is 0.212 e. The van der Waals surface area contributed by atoms with E-state index in [1.165, 1.54) is 11.3 Å². The van der Waals surface area contributed by atoms with Crippen LogP contribution in [0.2, 0.25) is 0 Å². The second-order valence-corrected chi connectivity index (χ2v) is 4.11. The number of hydrogen-bond acceptors (Lipinski definition) is 4. The molecule has 14 heavy (non-hydrogen) atoms. The zero-order chi connectivity index (χ0) is 10.6. The molecule has 5 heteroatoms. The molecule has 4 nitrogen and oxygen atoms in total. The molecule has 1 heterocycles. The molecular weight excluding hydrogens is 202 g/mol. The summed E-state index contributed by atoms with van der Waals surface area (Å²) < 4.78 is 0. The number of hydrogen-bond donors (Lipinski definition) is 0. The van der Waals surface area contributed by atoms with Gasteiger partial charge >= 0.3 is 0 Å². The average molecular weight is 213 g/mol. The van der Waals surface area contributed by atoms with Gasteiger partial charge in [-0.05, 0) is 11.4 Å². The summed E-state index contributed by atoms with van der Waals surface area (Å²) in [6.45, 7) is 1.53. The fraction of sp³-hybridized carbons (Fsp3) is 0.444. The molecule has 0 bridgehead atoms. The predicted octanol–water partition coefficient (Wildman–Crippen LogP) is 1.94. The minimum atomic E-state index is -0.371. The summed E-state index contributed by atoms with van der Waals surface area (Å²) in [6.07, 6.45) is 0.772. The molecule has 76 valence electrons. The maximum Gasteiger partial charge on any atom is 0.212 e. The van der Waals surface area contributed by atoms with Crippen LogP contribution in [0, 0.1) is 16.0 Å². The Labute approximate surface area is 85.7 Å². The summed E-state index contributed by atoms with van der Waals surface area (Å²) in [4.78, 5) is 21.6. The van der Waals surface area contributed by atoms with E-state index in [2.05, 4.69) is 0 Å².